The van der Waals surface area contributed by atoms with Crippen LogP contribution in [0.25, 0.3) is 28.3 Å². The van der Waals surface area contributed by atoms with Crippen molar-refractivity contribution in [2.24, 2.45) is 0 Å². The Morgan fingerprint density at radius 3 is 2.75 bits per heavy atom. The molecule has 5 rings (SSSR count). The lowest BCUT2D eigenvalue weighted by atomic mass is 10.1. The van der Waals surface area contributed by atoms with Gasteiger partial charge in [0, 0.05) is 25.5 Å². The Bertz CT molecular complexity index is 1210. The van der Waals surface area contributed by atoms with Gasteiger partial charge in [-0.25, -0.2) is 18.9 Å². The highest BCUT2D eigenvalue weighted by Crippen LogP contribution is 2.34. The normalized spacial score (nSPS) is 13.1. The minimum Gasteiger partial charge on any atom is -0.326 e. The van der Waals surface area contributed by atoms with E-state index in [1.807, 2.05) is 12.1 Å². The molecule has 1 aromatic carbocycles. The molecule has 7 nitrogen and oxygen atoms in total. The fraction of sp³-hybridized carbons (Fsp3) is 0.200. The SMILES string of the molecule is CC(=O)Nc1cn2nc(-c3c(-c4ccc(F)cc4)nc4n3CCC4)ccc2n1. The highest BCUT2D eigenvalue weighted by atomic mass is 19.1. The lowest BCUT2D eigenvalue weighted by molar-refractivity contribution is -0.114. The second-order valence-corrected chi connectivity index (χ2v) is 6.82. The first-order chi connectivity index (χ1) is 13.6. The van der Waals surface area contributed by atoms with E-state index in [9.17, 15) is 9.18 Å². The number of nitrogens with one attached hydrogen (secondary N) is 1. The van der Waals surface area contributed by atoms with Crippen molar-refractivity contribution in [3.05, 3.63) is 54.2 Å². The third kappa shape index (κ3) is 2.74. The van der Waals surface area contributed by atoms with E-state index >= 15 is 0 Å². The Kier molecular flexibility index (Phi) is 3.71. The van der Waals surface area contributed by atoms with Gasteiger partial charge in [0.1, 0.15) is 17.3 Å². The minimum absolute atomic E-state index is 0.184. The van der Waals surface area contributed by atoms with Gasteiger partial charge in [-0.15, -0.1) is 0 Å². The fourth-order valence-electron chi connectivity index (χ4n) is 3.64. The fourth-order valence-corrected chi connectivity index (χ4v) is 3.64. The molecule has 1 aliphatic rings. The van der Waals surface area contributed by atoms with Gasteiger partial charge < -0.3 is 9.88 Å². The van der Waals surface area contributed by atoms with Crippen LogP contribution in [0.3, 0.4) is 0 Å². The van der Waals surface area contributed by atoms with Crippen LogP contribution in [0.1, 0.15) is 19.2 Å². The van der Waals surface area contributed by atoms with Crippen LogP contribution in [-0.2, 0) is 17.8 Å². The molecular formula is C20H17FN6O. The van der Waals surface area contributed by atoms with E-state index in [-0.39, 0.29) is 11.7 Å². The van der Waals surface area contributed by atoms with Crippen LogP contribution in [0.15, 0.2) is 42.6 Å². The number of fused-ring (bicyclic) bond motifs is 2. The Morgan fingerprint density at radius 2 is 1.96 bits per heavy atom. The molecule has 140 valence electrons. The van der Waals surface area contributed by atoms with Gasteiger partial charge in [-0.1, -0.05) is 0 Å². The minimum atomic E-state index is -0.277. The summed E-state index contributed by atoms with van der Waals surface area (Å²) in [5.41, 5.74) is 3.94. The van der Waals surface area contributed by atoms with Gasteiger partial charge in [0.25, 0.3) is 0 Å². The van der Waals surface area contributed by atoms with Crippen molar-refractivity contribution in [1.29, 1.82) is 0 Å². The Balaban J connectivity index is 1.66. The summed E-state index contributed by atoms with van der Waals surface area (Å²) in [5, 5.41) is 7.36. The van der Waals surface area contributed by atoms with Gasteiger partial charge in [0.05, 0.1) is 17.6 Å². The first-order valence-electron chi connectivity index (χ1n) is 9.08. The summed E-state index contributed by atoms with van der Waals surface area (Å²) in [6.45, 7) is 2.31. The molecule has 28 heavy (non-hydrogen) atoms. The molecule has 0 unspecified atom stereocenters. The van der Waals surface area contributed by atoms with Crippen molar-refractivity contribution >= 4 is 17.4 Å². The molecular weight excluding hydrogens is 359 g/mol. The van der Waals surface area contributed by atoms with E-state index in [2.05, 4.69) is 14.9 Å². The van der Waals surface area contributed by atoms with Crippen molar-refractivity contribution in [3.8, 4) is 22.6 Å². The standard InChI is InChI=1S/C20H17FN6O/c1-12(28)22-16-11-27-18(23-16)9-8-15(25-27)20-19(13-4-6-14(21)7-5-13)24-17-3-2-10-26(17)20/h4-9,11H,2-3,10H2,1H3,(H,22,28). The molecule has 0 atom stereocenters. The number of carbonyl (C=O) groups is 1. The molecule has 8 heteroatoms. The van der Waals surface area contributed by atoms with Gasteiger partial charge in [-0.2, -0.15) is 5.10 Å². The average molecular weight is 376 g/mol. The van der Waals surface area contributed by atoms with Crippen LogP contribution in [0, 0.1) is 5.82 Å². The van der Waals surface area contributed by atoms with Gasteiger partial charge >= 0.3 is 0 Å². The highest BCUT2D eigenvalue weighted by molar-refractivity contribution is 5.88. The van der Waals surface area contributed by atoms with Gasteiger partial charge in [-0.3, -0.25) is 4.79 Å². The Labute approximate surface area is 159 Å². The lowest BCUT2D eigenvalue weighted by Crippen LogP contribution is -2.05. The predicted molar refractivity (Wildman–Crippen MR) is 102 cm³/mol. The topological polar surface area (TPSA) is 77.1 Å². The number of carbonyl (C=O) groups excluding carboxylic acids is 1. The summed E-state index contributed by atoms with van der Waals surface area (Å²) in [7, 11) is 0. The van der Waals surface area contributed by atoms with Crippen LogP contribution >= 0.6 is 0 Å². The summed E-state index contributed by atoms with van der Waals surface area (Å²) in [4.78, 5) is 20.4. The zero-order chi connectivity index (χ0) is 19.3. The largest absolute Gasteiger partial charge is 0.326 e. The van der Waals surface area contributed by atoms with Gasteiger partial charge in [-0.05, 0) is 42.8 Å². The summed E-state index contributed by atoms with van der Waals surface area (Å²) in [6.07, 6.45) is 3.63. The number of halogens is 1. The van der Waals surface area contributed by atoms with Gasteiger partial charge in [0.15, 0.2) is 11.5 Å². The third-order valence-corrected chi connectivity index (χ3v) is 4.81. The quantitative estimate of drug-likeness (QED) is 0.595. The van der Waals surface area contributed by atoms with Crippen molar-refractivity contribution in [2.75, 3.05) is 5.32 Å². The maximum Gasteiger partial charge on any atom is 0.222 e. The number of imidazole rings is 2. The smallest absolute Gasteiger partial charge is 0.222 e. The average Bonchev–Trinajstić information content (AvgIpc) is 3.34. The molecule has 0 fully saturated rings. The second kappa shape index (κ2) is 6.26. The van der Waals surface area contributed by atoms with Crippen molar-refractivity contribution in [2.45, 2.75) is 26.3 Å². The summed E-state index contributed by atoms with van der Waals surface area (Å²) in [6, 6.07) is 10.1. The highest BCUT2D eigenvalue weighted by Gasteiger charge is 2.24. The first-order valence-corrected chi connectivity index (χ1v) is 9.08. The van der Waals surface area contributed by atoms with E-state index in [0.29, 0.717) is 11.5 Å². The predicted octanol–water partition coefficient (Wildman–Crippen LogP) is 3.30. The summed E-state index contributed by atoms with van der Waals surface area (Å²) in [5.74, 6) is 1.01. The molecule has 0 bridgehead atoms. The maximum absolute atomic E-state index is 13.4. The molecule has 0 aliphatic carbocycles. The molecule has 0 spiro atoms. The molecule has 4 aromatic rings. The van der Waals surface area contributed by atoms with Crippen molar-refractivity contribution in [1.82, 2.24) is 24.1 Å². The molecule has 4 heterocycles. The molecule has 0 saturated carbocycles. The number of hydrogen-bond acceptors (Lipinski definition) is 4. The molecule has 1 N–H and O–H groups in total. The Morgan fingerprint density at radius 1 is 1.14 bits per heavy atom. The number of amides is 1. The van der Waals surface area contributed by atoms with Crippen LogP contribution in [0.5, 0.6) is 0 Å². The number of aryl methyl sites for hydroxylation is 1. The lowest BCUT2D eigenvalue weighted by Gasteiger charge is -2.08. The number of nitrogens with zero attached hydrogens (tertiary/aromatic N) is 5. The number of benzene rings is 1. The number of hydrogen-bond donors (Lipinski definition) is 1. The monoisotopic (exact) mass is 376 g/mol. The number of aromatic nitrogens is 5. The third-order valence-electron chi connectivity index (χ3n) is 4.81. The second-order valence-electron chi connectivity index (χ2n) is 6.82. The molecule has 1 amide bonds. The van der Waals surface area contributed by atoms with Crippen LogP contribution in [0.2, 0.25) is 0 Å². The zero-order valence-electron chi connectivity index (χ0n) is 15.2. The zero-order valence-corrected chi connectivity index (χ0v) is 15.2. The van der Waals surface area contributed by atoms with E-state index in [0.717, 1.165) is 47.9 Å². The van der Waals surface area contributed by atoms with Crippen LogP contribution < -0.4 is 5.32 Å². The number of anilines is 1. The number of rotatable bonds is 3. The van der Waals surface area contributed by atoms with E-state index < -0.39 is 0 Å². The molecule has 3 aromatic heterocycles. The summed E-state index contributed by atoms with van der Waals surface area (Å²) >= 11 is 0. The summed E-state index contributed by atoms with van der Waals surface area (Å²) < 4.78 is 17.2. The van der Waals surface area contributed by atoms with E-state index in [1.165, 1.54) is 19.1 Å². The molecule has 0 radical (unpaired) electrons. The van der Waals surface area contributed by atoms with Crippen LogP contribution in [-0.4, -0.2) is 30.1 Å². The van der Waals surface area contributed by atoms with Crippen LogP contribution in [0.4, 0.5) is 10.2 Å². The van der Waals surface area contributed by atoms with Gasteiger partial charge in [0.2, 0.25) is 5.91 Å². The first kappa shape index (κ1) is 16.6. The van der Waals surface area contributed by atoms with Crippen molar-refractivity contribution in [3.63, 3.8) is 0 Å². The molecule has 0 saturated heterocycles. The molecule has 1 aliphatic heterocycles. The maximum atomic E-state index is 13.4. The van der Waals surface area contributed by atoms with E-state index in [4.69, 9.17) is 10.1 Å². The van der Waals surface area contributed by atoms with E-state index in [1.54, 1.807) is 22.8 Å². The Hall–Kier alpha value is -3.55. The van der Waals surface area contributed by atoms with Crippen molar-refractivity contribution < 1.29 is 9.18 Å².